The van der Waals surface area contributed by atoms with Crippen LogP contribution >= 0.6 is 11.6 Å². The minimum absolute atomic E-state index is 0.500. The van der Waals surface area contributed by atoms with Crippen LogP contribution in [0.1, 0.15) is 48.8 Å². The predicted molar refractivity (Wildman–Crippen MR) is 108 cm³/mol. The number of fused-ring (bicyclic) bond motifs is 1. The van der Waals surface area contributed by atoms with Gasteiger partial charge in [0.2, 0.25) is 5.71 Å². The lowest BCUT2D eigenvalue weighted by molar-refractivity contribution is 0.457. The standard InChI is InChI=1S/C21H27ClN4O/c1-5-8-23-18(15-6-7-15)10-16-13(3)25-26-20(14(4)27-21(16)26)17-11-24-19(22)9-12(17)2/h9,11,15,18,23H,5-8,10H2,1-4H3. The minimum atomic E-state index is 0.500. The summed E-state index contributed by atoms with van der Waals surface area (Å²) in [4.78, 5) is 4.26. The number of aryl methyl sites for hydroxylation is 3. The van der Waals surface area contributed by atoms with Gasteiger partial charge in [-0.3, -0.25) is 0 Å². The first kappa shape index (κ1) is 18.5. The summed E-state index contributed by atoms with van der Waals surface area (Å²) in [7, 11) is 0. The van der Waals surface area contributed by atoms with Crippen LogP contribution in [0.4, 0.5) is 0 Å². The summed E-state index contributed by atoms with van der Waals surface area (Å²) in [5.41, 5.74) is 6.15. The molecular formula is C21H27ClN4O. The second-order valence-electron chi connectivity index (χ2n) is 7.71. The van der Waals surface area contributed by atoms with Crippen molar-refractivity contribution in [1.29, 1.82) is 0 Å². The molecule has 3 heterocycles. The second kappa shape index (κ2) is 7.28. The highest BCUT2D eigenvalue weighted by molar-refractivity contribution is 6.29. The van der Waals surface area contributed by atoms with Crippen LogP contribution < -0.4 is 5.32 Å². The van der Waals surface area contributed by atoms with Crippen LogP contribution in [-0.2, 0) is 6.42 Å². The van der Waals surface area contributed by atoms with E-state index in [2.05, 4.69) is 24.1 Å². The lowest BCUT2D eigenvalue weighted by Gasteiger charge is -2.17. The number of nitrogens with one attached hydrogen (secondary N) is 1. The zero-order valence-electron chi connectivity index (χ0n) is 16.5. The van der Waals surface area contributed by atoms with E-state index in [1.54, 1.807) is 6.20 Å². The number of nitrogens with zero attached hydrogens (tertiary/aromatic N) is 3. The summed E-state index contributed by atoms with van der Waals surface area (Å²) < 4.78 is 8.15. The summed E-state index contributed by atoms with van der Waals surface area (Å²) >= 11 is 6.04. The Balaban J connectivity index is 1.75. The molecule has 1 fully saturated rings. The van der Waals surface area contributed by atoms with Gasteiger partial charge in [-0.2, -0.15) is 9.61 Å². The highest BCUT2D eigenvalue weighted by Gasteiger charge is 2.33. The Morgan fingerprint density at radius 1 is 1.33 bits per heavy atom. The van der Waals surface area contributed by atoms with Gasteiger partial charge < -0.3 is 9.73 Å². The Labute approximate surface area is 165 Å². The first-order valence-corrected chi connectivity index (χ1v) is 10.2. The smallest absolute Gasteiger partial charge is 0.225 e. The summed E-state index contributed by atoms with van der Waals surface area (Å²) in [6, 6.07) is 2.38. The molecule has 1 saturated carbocycles. The van der Waals surface area contributed by atoms with Gasteiger partial charge >= 0.3 is 0 Å². The van der Waals surface area contributed by atoms with E-state index in [4.69, 9.17) is 21.1 Å². The van der Waals surface area contributed by atoms with Crippen molar-refractivity contribution in [1.82, 2.24) is 19.9 Å². The van der Waals surface area contributed by atoms with Crippen LogP contribution in [0.15, 0.2) is 16.7 Å². The number of hydrogen-bond acceptors (Lipinski definition) is 4. The number of rotatable bonds is 7. The zero-order valence-corrected chi connectivity index (χ0v) is 17.2. The summed E-state index contributed by atoms with van der Waals surface area (Å²) in [6.45, 7) is 9.38. The van der Waals surface area contributed by atoms with Crippen molar-refractivity contribution in [2.75, 3.05) is 6.54 Å². The highest BCUT2D eigenvalue weighted by Crippen LogP contribution is 2.37. The SMILES string of the molecule is CCCNC(Cc1c(C)nn2c(-c3cnc(Cl)cc3C)c(C)oc12)C1CC1. The number of aromatic nitrogens is 3. The van der Waals surface area contributed by atoms with Crippen molar-refractivity contribution in [3.63, 3.8) is 0 Å². The third-order valence-electron chi connectivity index (χ3n) is 5.54. The molecule has 1 atom stereocenters. The van der Waals surface area contributed by atoms with Gasteiger partial charge in [0.25, 0.3) is 0 Å². The number of oxazole rings is 1. The maximum Gasteiger partial charge on any atom is 0.225 e. The van der Waals surface area contributed by atoms with Gasteiger partial charge in [0.15, 0.2) is 0 Å². The minimum Gasteiger partial charge on any atom is -0.441 e. The Morgan fingerprint density at radius 3 is 2.78 bits per heavy atom. The molecule has 1 unspecified atom stereocenters. The predicted octanol–water partition coefficient (Wildman–Crippen LogP) is 4.89. The van der Waals surface area contributed by atoms with Crippen LogP contribution in [0, 0.1) is 26.7 Å². The first-order chi connectivity index (χ1) is 13.0. The molecule has 3 aromatic rings. The van der Waals surface area contributed by atoms with Crippen molar-refractivity contribution in [2.45, 2.75) is 59.4 Å². The van der Waals surface area contributed by atoms with Crippen molar-refractivity contribution in [2.24, 2.45) is 5.92 Å². The maximum atomic E-state index is 6.21. The normalized spacial score (nSPS) is 15.6. The fourth-order valence-corrected chi connectivity index (χ4v) is 4.11. The van der Waals surface area contributed by atoms with E-state index in [0.717, 1.165) is 59.3 Å². The van der Waals surface area contributed by atoms with Gasteiger partial charge in [-0.1, -0.05) is 18.5 Å². The van der Waals surface area contributed by atoms with Crippen LogP contribution in [0.2, 0.25) is 5.15 Å². The van der Waals surface area contributed by atoms with E-state index < -0.39 is 0 Å². The van der Waals surface area contributed by atoms with Gasteiger partial charge in [0, 0.05) is 23.4 Å². The number of pyridine rings is 1. The zero-order chi connectivity index (χ0) is 19.1. The van der Waals surface area contributed by atoms with Gasteiger partial charge in [-0.25, -0.2) is 4.98 Å². The van der Waals surface area contributed by atoms with E-state index in [1.807, 2.05) is 24.4 Å². The lowest BCUT2D eigenvalue weighted by atomic mass is 10.0. The van der Waals surface area contributed by atoms with Crippen LogP contribution in [0.5, 0.6) is 0 Å². The molecule has 1 N–H and O–H groups in total. The third kappa shape index (κ3) is 3.50. The van der Waals surface area contributed by atoms with Gasteiger partial charge in [-0.05, 0) is 70.5 Å². The van der Waals surface area contributed by atoms with Crippen LogP contribution in [0.25, 0.3) is 17.0 Å². The maximum absolute atomic E-state index is 6.21. The third-order valence-corrected chi connectivity index (χ3v) is 5.74. The van der Waals surface area contributed by atoms with Gasteiger partial charge in [0.05, 0.1) is 5.69 Å². The highest BCUT2D eigenvalue weighted by atomic mass is 35.5. The number of hydrogen-bond donors (Lipinski definition) is 1. The Bertz CT molecular complexity index is 970. The lowest BCUT2D eigenvalue weighted by Crippen LogP contribution is -2.33. The molecule has 27 heavy (non-hydrogen) atoms. The first-order valence-electron chi connectivity index (χ1n) is 9.83. The molecule has 3 aromatic heterocycles. The van der Waals surface area contributed by atoms with Gasteiger partial charge in [0.1, 0.15) is 16.6 Å². The summed E-state index contributed by atoms with van der Waals surface area (Å²) in [5.74, 6) is 1.64. The molecule has 0 radical (unpaired) electrons. The largest absolute Gasteiger partial charge is 0.441 e. The van der Waals surface area contributed by atoms with Gasteiger partial charge in [-0.15, -0.1) is 0 Å². The summed E-state index contributed by atoms with van der Waals surface area (Å²) in [5, 5.41) is 9.05. The molecule has 0 aliphatic heterocycles. The quantitative estimate of drug-likeness (QED) is 0.587. The van der Waals surface area contributed by atoms with Crippen molar-refractivity contribution in [3.8, 4) is 11.3 Å². The number of halogens is 1. The molecule has 0 bridgehead atoms. The molecule has 4 rings (SSSR count). The van der Waals surface area contributed by atoms with Crippen molar-refractivity contribution >= 4 is 17.3 Å². The van der Waals surface area contributed by atoms with E-state index in [9.17, 15) is 0 Å². The fraction of sp³-hybridized carbons (Fsp3) is 0.524. The Hall–Kier alpha value is -1.85. The molecule has 6 heteroatoms. The van der Waals surface area contributed by atoms with Crippen molar-refractivity contribution in [3.05, 3.63) is 40.0 Å². The molecule has 0 amide bonds. The molecule has 0 saturated heterocycles. The topological polar surface area (TPSA) is 55.4 Å². The average molecular weight is 387 g/mol. The molecule has 1 aliphatic carbocycles. The fourth-order valence-electron chi connectivity index (χ4n) is 3.90. The molecule has 1 aliphatic rings. The van der Waals surface area contributed by atoms with E-state index in [0.29, 0.717) is 11.2 Å². The molecule has 0 aromatic carbocycles. The average Bonchev–Trinajstić information content (AvgIpc) is 3.36. The molecular weight excluding hydrogens is 360 g/mol. The second-order valence-corrected chi connectivity index (χ2v) is 8.10. The molecule has 0 spiro atoms. The van der Waals surface area contributed by atoms with Crippen molar-refractivity contribution < 1.29 is 4.42 Å². The Kier molecular flexibility index (Phi) is 4.99. The Morgan fingerprint density at radius 2 is 2.11 bits per heavy atom. The van der Waals surface area contributed by atoms with Crippen LogP contribution in [-0.4, -0.2) is 27.2 Å². The molecule has 5 nitrogen and oxygen atoms in total. The van der Waals surface area contributed by atoms with E-state index in [-0.39, 0.29) is 0 Å². The summed E-state index contributed by atoms with van der Waals surface area (Å²) in [6.07, 6.45) is 6.57. The van der Waals surface area contributed by atoms with E-state index in [1.165, 1.54) is 18.4 Å². The monoisotopic (exact) mass is 386 g/mol. The van der Waals surface area contributed by atoms with E-state index >= 15 is 0 Å². The molecule has 144 valence electrons. The van der Waals surface area contributed by atoms with Crippen LogP contribution in [0.3, 0.4) is 0 Å².